The van der Waals surface area contributed by atoms with Gasteiger partial charge in [0.15, 0.2) is 15.8 Å². The molecular weight excluding hydrogens is 408 g/mol. The molecule has 0 aromatic heterocycles. The monoisotopic (exact) mass is 434 g/mol. The number of halogens is 1. The van der Waals surface area contributed by atoms with Gasteiger partial charge in [0, 0.05) is 39.8 Å². The number of sulfone groups is 1. The third-order valence-electron chi connectivity index (χ3n) is 4.96. The minimum Gasteiger partial charge on any atom is -0.367 e. The number of guanidine groups is 1. The predicted molar refractivity (Wildman–Crippen MR) is 120 cm³/mol. The van der Waals surface area contributed by atoms with Crippen molar-refractivity contribution in [3.8, 4) is 0 Å². The van der Waals surface area contributed by atoms with E-state index in [0.29, 0.717) is 17.9 Å². The molecule has 1 aliphatic heterocycles. The lowest BCUT2D eigenvalue weighted by atomic mass is 10.2. The van der Waals surface area contributed by atoms with Crippen molar-refractivity contribution in [1.29, 1.82) is 0 Å². The number of hydrogen-bond acceptors (Lipinski definition) is 4. The lowest BCUT2D eigenvalue weighted by Gasteiger charge is -2.38. The van der Waals surface area contributed by atoms with E-state index in [0.717, 1.165) is 42.8 Å². The maximum atomic E-state index is 12.4. The van der Waals surface area contributed by atoms with Crippen LogP contribution in [-0.4, -0.2) is 64.8 Å². The van der Waals surface area contributed by atoms with Gasteiger partial charge in [0.05, 0.1) is 21.4 Å². The molecule has 0 saturated carbocycles. The fourth-order valence-corrected chi connectivity index (χ4v) is 4.99. The fraction of sp³-hybridized carbons (Fsp3) is 0.381. The third kappa shape index (κ3) is 5.64. The summed E-state index contributed by atoms with van der Waals surface area (Å²) < 4.78 is 24.7. The highest BCUT2D eigenvalue weighted by Gasteiger charge is 2.21. The quantitative estimate of drug-likeness (QED) is 0.430. The van der Waals surface area contributed by atoms with Gasteiger partial charge < -0.3 is 15.1 Å². The summed E-state index contributed by atoms with van der Waals surface area (Å²) in [5.41, 5.74) is 1.06. The summed E-state index contributed by atoms with van der Waals surface area (Å²) in [6.45, 7) is 3.92. The molecule has 29 heavy (non-hydrogen) atoms. The first-order valence-corrected chi connectivity index (χ1v) is 11.8. The van der Waals surface area contributed by atoms with E-state index < -0.39 is 9.84 Å². The van der Waals surface area contributed by atoms with Crippen LogP contribution in [0.2, 0.25) is 5.02 Å². The van der Waals surface area contributed by atoms with E-state index in [9.17, 15) is 8.42 Å². The number of anilines is 1. The van der Waals surface area contributed by atoms with E-state index >= 15 is 0 Å². The van der Waals surface area contributed by atoms with Crippen LogP contribution in [0.5, 0.6) is 0 Å². The molecule has 0 radical (unpaired) electrons. The van der Waals surface area contributed by atoms with Crippen LogP contribution in [0.4, 0.5) is 5.69 Å². The first-order valence-electron chi connectivity index (χ1n) is 9.74. The molecular formula is C21H27ClN4O2S. The smallest absolute Gasteiger partial charge is 0.193 e. The number of para-hydroxylation sites is 1. The maximum absolute atomic E-state index is 12.4. The van der Waals surface area contributed by atoms with Crippen molar-refractivity contribution >= 4 is 33.1 Å². The minimum absolute atomic E-state index is 0.112. The van der Waals surface area contributed by atoms with Crippen LogP contribution in [0.15, 0.2) is 64.5 Å². The Kier molecular flexibility index (Phi) is 7.39. The predicted octanol–water partition coefficient (Wildman–Crippen LogP) is 2.90. The zero-order chi connectivity index (χ0) is 20.7. The van der Waals surface area contributed by atoms with Crippen molar-refractivity contribution in [2.24, 2.45) is 4.99 Å². The van der Waals surface area contributed by atoms with Crippen LogP contribution in [0.1, 0.15) is 6.42 Å². The van der Waals surface area contributed by atoms with E-state index in [4.69, 9.17) is 11.6 Å². The van der Waals surface area contributed by atoms with Crippen molar-refractivity contribution < 1.29 is 8.42 Å². The number of benzene rings is 2. The van der Waals surface area contributed by atoms with Gasteiger partial charge >= 0.3 is 0 Å². The van der Waals surface area contributed by atoms with Crippen molar-refractivity contribution in [3.05, 3.63) is 59.6 Å². The Morgan fingerprint density at radius 3 is 2.34 bits per heavy atom. The van der Waals surface area contributed by atoms with E-state index in [1.54, 1.807) is 31.3 Å². The van der Waals surface area contributed by atoms with Gasteiger partial charge in [0.25, 0.3) is 0 Å². The average molecular weight is 435 g/mol. The molecule has 1 saturated heterocycles. The second kappa shape index (κ2) is 9.98. The molecule has 6 nitrogen and oxygen atoms in total. The second-order valence-electron chi connectivity index (χ2n) is 6.88. The summed E-state index contributed by atoms with van der Waals surface area (Å²) in [6.07, 6.45) is 0.524. The van der Waals surface area contributed by atoms with Gasteiger partial charge in [-0.05, 0) is 30.7 Å². The Labute approximate surface area is 178 Å². The number of nitrogens with one attached hydrogen (secondary N) is 1. The molecule has 0 spiro atoms. The first-order chi connectivity index (χ1) is 14.0. The molecule has 3 rings (SSSR count). The highest BCUT2D eigenvalue weighted by atomic mass is 35.5. The topological polar surface area (TPSA) is 65.0 Å². The van der Waals surface area contributed by atoms with Gasteiger partial charge in [0.1, 0.15) is 0 Å². The fourth-order valence-electron chi connectivity index (χ4n) is 3.41. The number of hydrogen-bond donors (Lipinski definition) is 1. The second-order valence-corrected chi connectivity index (χ2v) is 9.40. The molecule has 2 aromatic carbocycles. The first kappa shape index (κ1) is 21.5. The van der Waals surface area contributed by atoms with Crippen molar-refractivity contribution in [1.82, 2.24) is 10.2 Å². The Morgan fingerprint density at radius 1 is 1.03 bits per heavy atom. The Bertz CT molecular complexity index is 927. The summed E-state index contributed by atoms with van der Waals surface area (Å²) in [4.78, 5) is 9.20. The van der Waals surface area contributed by atoms with Crippen LogP contribution in [0.3, 0.4) is 0 Å². The van der Waals surface area contributed by atoms with Gasteiger partial charge in [0.2, 0.25) is 0 Å². The van der Waals surface area contributed by atoms with E-state index in [1.807, 2.05) is 30.3 Å². The third-order valence-corrected chi connectivity index (χ3v) is 7.10. The number of rotatable bonds is 6. The lowest BCUT2D eigenvalue weighted by Crippen LogP contribution is -2.52. The summed E-state index contributed by atoms with van der Waals surface area (Å²) in [5, 5.41) is 4.06. The van der Waals surface area contributed by atoms with Crippen LogP contribution in [0.25, 0.3) is 0 Å². The zero-order valence-electron chi connectivity index (χ0n) is 16.6. The summed E-state index contributed by atoms with van der Waals surface area (Å²) >= 11 is 6.31. The number of piperazine rings is 1. The largest absolute Gasteiger partial charge is 0.367 e. The Morgan fingerprint density at radius 2 is 1.69 bits per heavy atom. The molecule has 0 aliphatic carbocycles. The van der Waals surface area contributed by atoms with Gasteiger partial charge in [-0.1, -0.05) is 41.9 Å². The number of nitrogens with zero attached hydrogens (tertiary/aromatic N) is 3. The standard InChI is InChI=1S/C21H27ClN4O2S/c1-23-21(24-12-7-17-29(27,28)18-8-3-2-4-9-18)26-15-13-25(14-16-26)20-11-6-5-10-19(20)22/h2-6,8-11H,7,12-17H2,1H3,(H,23,24). The van der Waals surface area contributed by atoms with E-state index in [2.05, 4.69) is 20.1 Å². The summed E-state index contributed by atoms with van der Waals surface area (Å²) in [7, 11) is -1.49. The molecule has 0 unspecified atom stereocenters. The van der Waals surface area contributed by atoms with Gasteiger partial charge in [-0.3, -0.25) is 4.99 Å². The van der Waals surface area contributed by atoms with Crippen molar-refractivity contribution in [2.75, 3.05) is 50.4 Å². The van der Waals surface area contributed by atoms with Gasteiger partial charge in [-0.25, -0.2) is 8.42 Å². The van der Waals surface area contributed by atoms with E-state index in [1.165, 1.54) is 0 Å². The maximum Gasteiger partial charge on any atom is 0.193 e. The summed E-state index contributed by atoms with van der Waals surface area (Å²) in [6, 6.07) is 16.5. The molecule has 8 heteroatoms. The molecule has 156 valence electrons. The Hall–Kier alpha value is -2.25. The molecule has 1 N–H and O–H groups in total. The van der Waals surface area contributed by atoms with Gasteiger partial charge in [-0.2, -0.15) is 0 Å². The molecule has 1 aliphatic rings. The lowest BCUT2D eigenvalue weighted by molar-refractivity contribution is 0.373. The number of aliphatic imine (C=N–C) groups is 1. The van der Waals surface area contributed by atoms with E-state index in [-0.39, 0.29) is 5.75 Å². The summed E-state index contributed by atoms with van der Waals surface area (Å²) in [5.74, 6) is 0.919. The highest BCUT2D eigenvalue weighted by molar-refractivity contribution is 7.91. The minimum atomic E-state index is -3.24. The Balaban J connectivity index is 1.46. The normalized spacial score (nSPS) is 15.4. The van der Waals surface area contributed by atoms with Crippen LogP contribution in [0, 0.1) is 0 Å². The molecule has 1 fully saturated rings. The van der Waals surface area contributed by atoms with Crippen LogP contribution in [-0.2, 0) is 9.84 Å². The molecule has 2 aromatic rings. The average Bonchev–Trinajstić information content (AvgIpc) is 2.75. The molecule has 0 bridgehead atoms. The zero-order valence-corrected chi connectivity index (χ0v) is 18.2. The van der Waals surface area contributed by atoms with Crippen LogP contribution >= 0.6 is 11.6 Å². The SMILES string of the molecule is CN=C(NCCCS(=O)(=O)c1ccccc1)N1CCN(c2ccccc2Cl)CC1. The van der Waals surface area contributed by atoms with Crippen molar-refractivity contribution in [3.63, 3.8) is 0 Å². The molecule has 0 amide bonds. The highest BCUT2D eigenvalue weighted by Crippen LogP contribution is 2.26. The van der Waals surface area contributed by atoms with Crippen LogP contribution < -0.4 is 10.2 Å². The van der Waals surface area contributed by atoms with Gasteiger partial charge in [-0.15, -0.1) is 0 Å². The molecule has 1 heterocycles. The molecule has 0 atom stereocenters. The van der Waals surface area contributed by atoms with Crippen molar-refractivity contribution in [2.45, 2.75) is 11.3 Å².